The van der Waals surface area contributed by atoms with Gasteiger partial charge in [-0.2, -0.15) is 0 Å². The first-order chi connectivity index (χ1) is 10.0. The third-order valence-electron chi connectivity index (χ3n) is 4.09. The van der Waals surface area contributed by atoms with Crippen LogP contribution >= 0.6 is 0 Å². The molecule has 0 saturated carbocycles. The van der Waals surface area contributed by atoms with E-state index in [1.807, 2.05) is 0 Å². The first-order valence-corrected chi connectivity index (χ1v) is 7.43. The Morgan fingerprint density at radius 3 is 2.76 bits per heavy atom. The zero-order valence-corrected chi connectivity index (χ0v) is 12.9. The van der Waals surface area contributed by atoms with Gasteiger partial charge in [0, 0.05) is 12.5 Å². The smallest absolute Gasteiger partial charge is 0.334 e. The second-order valence-corrected chi connectivity index (χ2v) is 5.90. The van der Waals surface area contributed by atoms with Gasteiger partial charge in [0.2, 0.25) is 0 Å². The quantitative estimate of drug-likeness (QED) is 0.831. The number of methoxy groups -OCH3 is 1. The average Bonchev–Trinajstić information content (AvgIpc) is 2.95. The van der Waals surface area contributed by atoms with Gasteiger partial charge in [0.25, 0.3) is 0 Å². The van der Waals surface area contributed by atoms with E-state index in [0.29, 0.717) is 5.92 Å². The van der Waals surface area contributed by atoms with Gasteiger partial charge in [0.05, 0.1) is 12.8 Å². The first kappa shape index (κ1) is 16.0. The van der Waals surface area contributed by atoms with Gasteiger partial charge in [-0.25, -0.2) is 9.78 Å². The largest absolute Gasteiger partial charge is 0.467 e. The van der Waals surface area contributed by atoms with Crippen LogP contribution in [0.25, 0.3) is 0 Å². The molecule has 1 aromatic heterocycles. The van der Waals surface area contributed by atoms with Crippen LogP contribution in [-0.2, 0) is 16.1 Å². The minimum absolute atomic E-state index is 0.0180. The summed E-state index contributed by atoms with van der Waals surface area (Å²) in [7, 11) is 1.30. The number of oxazole rings is 1. The molecule has 6 heteroatoms. The molecule has 1 saturated heterocycles. The van der Waals surface area contributed by atoms with Gasteiger partial charge < -0.3 is 14.3 Å². The zero-order chi connectivity index (χ0) is 15.4. The summed E-state index contributed by atoms with van der Waals surface area (Å²) in [5, 5.41) is 9.88. The fourth-order valence-corrected chi connectivity index (χ4v) is 2.82. The van der Waals surface area contributed by atoms with Crippen molar-refractivity contribution < 1.29 is 19.1 Å². The van der Waals surface area contributed by atoms with Crippen LogP contribution in [0.2, 0.25) is 0 Å². The number of ether oxygens (including phenoxy) is 1. The monoisotopic (exact) mass is 296 g/mol. The SMILES string of the molecule is COC(=O)C(O)C1CCN(Cc2ncoc2C(C)C)CC1. The highest BCUT2D eigenvalue weighted by atomic mass is 16.5. The molecule has 118 valence electrons. The minimum Gasteiger partial charge on any atom is -0.467 e. The molecule has 1 unspecified atom stereocenters. The van der Waals surface area contributed by atoms with E-state index in [1.165, 1.54) is 13.5 Å². The average molecular weight is 296 g/mol. The van der Waals surface area contributed by atoms with Gasteiger partial charge >= 0.3 is 5.97 Å². The highest BCUT2D eigenvalue weighted by Gasteiger charge is 2.30. The molecule has 0 amide bonds. The Morgan fingerprint density at radius 1 is 1.52 bits per heavy atom. The van der Waals surface area contributed by atoms with Crippen LogP contribution in [0.3, 0.4) is 0 Å². The fourth-order valence-electron chi connectivity index (χ4n) is 2.82. The molecule has 0 aliphatic carbocycles. The van der Waals surface area contributed by atoms with Gasteiger partial charge in [0.15, 0.2) is 12.5 Å². The normalized spacial score (nSPS) is 18.9. The molecule has 2 heterocycles. The van der Waals surface area contributed by atoms with E-state index >= 15 is 0 Å². The second kappa shape index (κ2) is 7.04. The lowest BCUT2D eigenvalue weighted by Crippen LogP contribution is -2.40. The van der Waals surface area contributed by atoms with E-state index in [1.54, 1.807) is 0 Å². The second-order valence-electron chi connectivity index (χ2n) is 5.90. The van der Waals surface area contributed by atoms with Crippen molar-refractivity contribution in [1.29, 1.82) is 0 Å². The Bertz CT molecular complexity index is 464. The number of carbonyl (C=O) groups excluding carboxylic acids is 1. The summed E-state index contributed by atoms with van der Waals surface area (Å²) in [5.74, 6) is 0.704. The summed E-state index contributed by atoms with van der Waals surface area (Å²) in [5.41, 5.74) is 0.983. The molecule has 0 radical (unpaired) electrons. The first-order valence-electron chi connectivity index (χ1n) is 7.43. The number of hydrogen-bond donors (Lipinski definition) is 1. The lowest BCUT2D eigenvalue weighted by Gasteiger charge is -2.33. The Labute approximate surface area is 125 Å². The Hall–Kier alpha value is -1.40. The molecule has 0 spiro atoms. The molecule has 1 aliphatic heterocycles. The molecule has 0 bridgehead atoms. The van der Waals surface area contributed by atoms with E-state index < -0.39 is 12.1 Å². The van der Waals surface area contributed by atoms with Crippen LogP contribution in [0.5, 0.6) is 0 Å². The standard InChI is InChI=1S/C15H24N2O4/c1-10(2)14-12(16-9-21-14)8-17-6-4-11(5-7-17)13(18)15(19)20-3/h9-11,13,18H,4-8H2,1-3H3. The highest BCUT2D eigenvalue weighted by Crippen LogP contribution is 2.25. The van der Waals surface area contributed by atoms with Gasteiger partial charge in [-0.15, -0.1) is 0 Å². The Morgan fingerprint density at radius 2 is 2.19 bits per heavy atom. The summed E-state index contributed by atoms with van der Waals surface area (Å²) < 4.78 is 10.0. The van der Waals surface area contributed by atoms with Crippen LogP contribution in [0.4, 0.5) is 0 Å². The number of nitrogens with zero attached hydrogens (tertiary/aromatic N) is 2. The zero-order valence-electron chi connectivity index (χ0n) is 12.9. The summed E-state index contributed by atoms with van der Waals surface area (Å²) >= 11 is 0. The van der Waals surface area contributed by atoms with Crippen molar-refractivity contribution in [1.82, 2.24) is 9.88 Å². The minimum atomic E-state index is -1.00. The number of aromatic nitrogens is 1. The van der Waals surface area contributed by atoms with Crippen LogP contribution in [0.1, 0.15) is 44.1 Å². The Balaban J connectivity index is 1.87. The van der Waals surface area contributed by atoms with Gasteiger partial charge in [0.1, 0.15) is 5.76 Å². The number of hydrogen-bond acceptors (Lipinski definition) is 6. The van der Waals surface area contributed by atoms with E-state index in [0.717, 1.165) is 43.9 Å². The summed E-state index contributed by atoms with van der Waals surface area (Å²) in [6.07, 6.45) is 2.06. The van der Waals surface area contributed by atoms with Crippen LogP contribution in [0, 0.1) is 5.92 Å². The molecule has 1 aliphatic rings. The van der Waals surface area contributed by atoms with Gasteiger partial charge in [-0.3, -0.25) is 4.90 Å². The predicted molar refractivity (Wildman–Crippen MR) is 76.6 cm³/mol. The summed E-state index contributed by atoms with van der Waals surface area (Å²) in [6.45, 7) is 6.60. The van der Waals surface area contributed by atoms with Crippen molar-refractivity contribution >= 4 is 5.97 Å². The van der Waals surface area contributed by atoms with Crippen LogP contribution < -0.4 is 0 Å². The topological polar surface area (TPSA) is 75.8 Å². The van der Waals surface area contributed by atoms with E-state index in [4.69, 9.17) is 4.42 Å². The number of piperidine rings is 1. The van der Waals surface area contributed by atoms with Crippen molar-refractivity contribution in [3.05, 3.63) is 17.8 Å². The summed E-state index contributed by atoms with van der Waals surface area (Å²) in [4.78, 5) is 17.9. The van der Waals surface area contributed by atoms with Gasteiger partial charge in [-0.1, -0.05) is 13.8 Å². The number of aliphatic hydroxyl groups excluding tert-OH is 1. The maximum absolute atomic E-state index is 11.4. The molecule has 1 atom stereocenters. The third-order valence-corrected chi connectivity index (χ3v) is 4.09. The number of likely N-dealkylation sites (tertiary alicyclic amines) is 1. The van der Waals surface area contributed by atoms with Crippen molar-refractivity contribution in [3.8, 4) is 0 Å². The number of aliphatic hydroxyl groups is 1. The van der Waals surface area contributed by atoms with Crippen molar-refractivity contribution in [3.63, 3.8) is 0 Å². The lowest BCUT2D eigenvalue weighted by molar-refractivity contribution is -0.154. The molecular formula is C15H24N2O4. The fraction of sp³-hybridized carbons (Fsp3) is 0.733. The van der Waals surface area contributed by atoms with Crippen molar-refractivity contribution in [2.45, 2.75) is 45.3 Å². The van der Waals surface area contributed by atoms with Gasteiger partial charge in [-0.05, 0) is 31.8 Å². The molecule has 1 aromatic rings. The van der Waals surface area contributed by atoms with E-state index in [2.05, 4.69) is 28.5 Å². The third kappa shape index (κ3) is 3.83. The van der Waals surface area contributed by atoms with Crippen molar-refractivity contribution in [2.75, 3.05) is 20.2 Å². The van der Waals surface area contributed by atoms with Crippen molar-refractivity contribution in [2.24, 2.45) is 5.92 Å². The maximum Gasteiger partial charge on any atom is 0.334 e. The highest BCUT2D eigenvalue weighted by molar-refractivity contribution is 5.74. The lowest BCUT2D eigenvalue weighted by atomic mass is 9.91. The van der Waals surface area contributed by atoms with E-state index in [-0.39, 0.29) is 5.92 Å². The number of esters is 1. The molecule has 0 aromatic carbocycles. The molecule has 1 N–H and O–H groups in total. The van der Waals surface area contributed by atoms with E-state index in [9.17, 15) is 9.90 Å². The predicted octanol–water partition coefficient (Wildman–Crippen LogP) is 1.54. The number of rotatable bonds is 5. The Kier molecular flexibility index (Phi) is 5.36. The maximum atomic E-state index is 11.4. The number of carbonyl (C=O) groups is 1. The van der Waals surface area contributed by atoms with Crippen LogP contribution in [0.15, 0.2) is 10.8 Å². The molecule has 6 nitrogen and oxygen atoms in total. The molecule has 2 rings (SSSR count). The molecular weight excluding hydrogens is 272 g/mol. The molecule has 1 fully saturated rings. The summed E-state index contributed by atoms with van der Waals surface area (Å²) in [6, 6.07) is 0. The molecule has 21 heavy (non-hydrogen) atoms. The van der Waals surface area contributed by atoms with Crippen LogP contribution in [-0.4, -0.2) is 47.3 Å².